The summed E-state index contributed by atoms with van der Waals surface area (Å²) in [5, 5.41) is 22.7. The maximum Gasteiger partial charge on any atom is 0.303 e. The van der Waals surface area contributed by atoms with Crippen molar-refractivity contribution in [1.82, 2.24) is 21.3 Å². The predicted molar refractivity (Wildman–Crippen MR) is 415 cm³/mol. The van der Waals surface area contributed by atoms with Gasteiger partial charge < -0.3 is 40.6 Å². The molecule has 0 amide bonds. The van der Waals surface area contributed by atoms with E-state index < -0.39 is 56.9 Å². The zero-order valence-corrected chi connectivity index (χ0v) is 65.3. The third-order valence-corrected chi connectivity index (χ3v) is 27.3. The zero-order valence-electron chi connectivity index (χ0n) is 61.2. The van der Waals surface area contributed by atoms with Crippen LogP contribution in [0.3, 0.4) is 0 Å². The molecule has 12 rings (SSSR count). The SMILES string of the molecule is CN1c2ccccc2C(NCCCCCCC(=O)O)c2ccccc2S1(=O)=O.COCCCNC1c2ccccc2N(C)S(=O)(=O)c2cc(C)ccc21.COCCCNC1c2ccccc2N(C)S(=O)(=O)c2cc(C)ccc21.COCCCNC1c2ccccc2N(C)S(=O)(=O)c2cc(S(C)=O)ccc21. The monoisotopic (exact) mass is 1530 g/mol. The lowest BCUT2D eigenvalue weighted by molar-refractivity contribution is -0.137. The van der Waals surface area contributed by atoms with Crippen molar-refractivity contribution < 1.29 is 62.0 Å². The summed E-state index contributed by atoms with van der Waals surface area (Å²) >= 11 is 0. The number of carboxylic acid groups (broad SMARTS) is 1. The van der Waals surface area contributed by atoms with Gasteiger partial charge in [-0.25, -0.2) is 33.7 Å². The van der Waals surface area contributed by atoms with Crippen LogP contribution in [0.25, 0.3) is 0 Å². The van der Waals surface area contributed by atoms with Gasteiger partial charge in [-0.2, -0.15) is 0 Å². The molecule has 0 saturated heterocycles. The van der Waals surface area contributed by atoms with Gasteiger partial charge in [-0.05, 0) is 182 Å². The van der Waals surface area contributed by atoms with Crippen LogP contribution >= 0.6 is 0 Å². The number of sulfonamides is 4. The van der Waals surface area contributed by atoms with Crippen molar-refractivity contribution in [3.05, 3.63) is 232 Å². The number of rotatable bonds is 24. The fraction of sp³-hybridized carbons (Fsp3) is 0.372. The fourth-order valence-corrected chi connectivity index (χ4v) is 20.1. The molecule has 4 heterocycles. The molecule has 27 heteroatoms. The van der Waals surface area contributed by atoms with Crippen LogP contribution in [0.4, 0.5) is 22.7 Å². The second-order valence-corrected chi connectivity index (χ2v) is 35.2. The number of hydrogen-bond acceptors (Lipinski definition) is 17. The van der Waals surface area contributed by atoms with E-state index in [-0.39, 0.29) is 35.5 Å². The molecular formula is C78H98N8O14S5. The molecule has 4 aliphatic rings. The van der Waals surface area contributed by atoms with Gasteiger partial charge in [0.2, 0.25) is 0 Å². The Bertz CT molecular complexity index is 4690. The average Bonchev–Trinajstić information content (AvgIpc) is 1.67. The van der Waals surface area contributed by atoms with Crippen LogP contribution in [0, 0.1) is 13.8 Å². The van der Waals surface area contributed by atoms with Crippen LogP contribution in [0.1, 0.15) is 131 Å². The Morgan fingerprint density at radius 1 is 0.381 bits per heavy atom. The number of fused-ring (bicyclic) bond motifs is 8. The van der Waals surface area contributed by atoms with Crippen molar-refractivity contribution in [3.63, 3.8) is 0 Å². The van der Waals surface area contributed by atoms with Crippen molar-refractivity contribution in [2.24, 2.45) is 0 Å². The molecule has 5 N–H and O–H groups in total. The lowest BCUT2D eigenvalue weighted by Crippen LogP contribution is -2.26. The van der Waals surface area contributed by atoms with E-state index >= 15 is 0 Å². The van der Waals surface area contributed by atoms with E-state index in [9.17, 15) is 42.7 Å². The first-order chi connectivity index (χ1) is 50.2. The summed E-state index contributed by atoms with van der Waals surface area (Å²) in [5.41, 5.74) is 11.4. The Hall–Kier alpha value is -7.90. The molecular weight excluding hydrogens is 1430 g/mol. The van der Waals surface area contributed by atoms with Crippen molar-refractivity contribution in [1.29, 1.82) is 0 Å². The number of carboxylic acids is 1. The van der Waals surface area contributed by atoms with Crippen LogP contribution < -0.4 is 38.5 Å². The van der Waals surface area contributed by atoms with Gasteiger partial charge in [0.15, 0.2) is 0 Å². The third kappa shape index (κ3) is 18.6. The van der Waals surface area contributed by atoms with E-state index in [4.69, 9.17) is 19.3 Å². The summed E-state index contributed by atoms with van der Waals surface area (Å²) in [6.07, 6.45) is 7.70. The number of hydrogen-bond donors (Lipinski definition) is 5. The molecule has 5 atom stereocenters. The summed E-state index contributed by atoms with van der Waals surface area (Å²) in [5.74, 6) is -0.755. The molecule has 0 saturated carbocycles. The molecule has 0 spiro atoms. The number of nitrogens with zero attached hydrogens (tertiary/aromatic N) is 4. The Labute approximate surface area is 623 Å². The molecule has 4 aliphatic heterocycles. The molecule has 0 fully saturated rings. The molecule has 564 valence electrons. The highest BCUT2D eigenvalue weighted by Crippen LogP contribution is 2.45. The summed E-state index contributed by atoms with van der Waals surface area (Å²) < 4.78 is 138. The maximum atomic E-state index is 13.3. The summed E-state index contributed by atoms with van der Waals surface area (Å²) in [6.45, 7) is 8.67. The van der Waals surface area contributed by atoms with Crippen LogP contribution in [-0.4, -0.2) is 151 Å². The minimum atomic E-state index is -3.76. The zero-order chi connectivity index (χ0) is 75.8. The smallest absolute Gasteiger partial charge is 0.303 e. The van der Waals surface area contributed by atoms with E-state index in [1.165, 1.54) is 23.3 Å². The van der Waals surface area contributed by atoms with Gasteiger partial charge in [-0.3, -0.25) is 26.2 Å². The standard InChI is InChI=1S/C21H26N2O4S.C19H24N2O4S2.2C19H24N2O3S/c1-23-18-12-7-5-10-16(18)21(22-15-9-3-2-4-14-20(24)25)17-11-6-8-13-19(17)28(23,26)27;1-21-17-8-5-4-7-15(17)19(20-11-6-12-25-2)16-10-9-14(26(3)22)13-18(16)27(21,23)24;2*1-14-9-10-16-18(13-14)25(22,23)21(2)17-8-5-4-7-15(17)19(16)20-11-6-12-24-3/h5-8,10-13,21-22H,2-4,9,14-15H2,1H3,(H,24,25);4-5,7-10,13,19-20H,6,11-12H2,1-3H3;2*4-5,7-10,13,19-20H,6,11-12H2,1-3H3. The van der Waals surface area contributed by atoms with Gasteiger partial charge in [0.1, 0.15) is 0 Å². The van der Waals surface area contributed by atoms with Gasteiger partial charge in [0.05, 0.1) is 66.5 Å². The number of unbranched alkanes of at least 4 members (excludes halogenated alkanes) is 3. The number of ether oxygens (including phenoxy) is 3. The minimum Gasteiger partial charge on any atom is -0.481 e. The minimum absolute atomic E-state index is 0.177. The van der Waals surface area contributed by atoms with E-state index in [1.807, 2.05) is 147 Å². The van der Waals surface area contributed by atoms with Gasteiger partial charge in [-0.1, -0.05) is 134 Å². The number of anilines is 4. The second-order valence-electron chi connectivity index (χ2n) is 26.0. The molecule has 0 aliphatic carbocycles. The van der Waals surface area contributed by atoms with Crippen molar-refractivity contribution in [3.8, 4) is 0 Å². The molecule has 5 unspecified atom stereocenters. The molecule has 8 aromatic carbocycles. The van der Waals surface area contributed by atoms with Gasteiger partial charge in [0, 0.05) is 97.7 Å². The highest BCUT2D eigenvalue weighted by molar-refractivity contribution is 7.94. The van der Waals surface area contributed by atoms with Gasteiger partial charge in [0.25, 0.3) is 40.1 Å². The number of para-hydroxylation sites is 4. The second kappa shape index (κ2) is 36.6. The summed E-state index contributed by atoms with van der Waals surface area (Å²) in [7, 11) is -4.42. The van der Waals surface area contributed by atoms with Crippen LogP contribution in [0.15, 0.2) is 200 Å². The molecule has 8 aromatic rings. The van der Waals surface area contributed by atoms with Crippen molar-refractivity contribution in [2.75, 3.05) is 119 Å². The number of aryl methyl sites for hydroxylation is 2. The number of benzene rings is 8. The van der Waals surface area contributed by atoms with Crippen LogP contribution in [0.2, 0.25) is 0 Å². The first-order valence-corrected chi connectivity index (χ1v) is 42.3. The first-order valence-electron chi connectivity index (χ1n) is 34.9. The predicted octanol–water partition coefficient (Wildman–Crippen LogP) is 11.5. The Morgan fingerprint density at radius 3 is 1.01 bits per heavy atom. The average molecular weight is 1530 g/mol. The highest BCUT2D eigenvalue weighted by Gasteiger charge is 2.39. The largest absolute Gasteiger partial charge is 0.481 e. The maximum absolute atomic E-state index is 13.3. The Balaban J connectivity index is 0.000000162. The van der Waals surface area contributed by atoms with Gasteiger partial charge in [-0.15, -0.1) is 0 Å². The van der Waals surface area contributed by atoms with Crippen LogP contribution in [-0.2, 0) is 69.9 Å². The molecule has 0 radical (unpaired) electrons. The Kier molecular flexibility index (Phi) is 28.3. The quantitative estimate of drug-likeness (QED) is 0.0352. The van der Waals surface area contributed by atoms with E-state index in [2.05, 4.69) is 21.3 Å². The topological polar surface area (TPSA) is 280 Å². The number of nitrogens with one attached hydrogen (secondary N) is 4. The highest BCUT2D eigenvalue weighted by atomic mass is 32.2. The lowest BCUT2D eigenvalue weighted by Gasteiger charge is -2.22. The molecule has 0 bridgehead atoms. The fourth-order valence-electron chi connectivity index (χ4n) is 13.4. The third-order valence-electron chi connectivity index (χ3n) is 19.0. The molecule has 0 aromatic heterocycles. The number of methoxy groups -OCH3 is 3. The van der Waals surface area contributed by atoms with Crippen LogP contribution in [0.5, 0.6) is 0 Å². The van der Waals surface area contributed by atoms with Crippen molar-refractivity contribution in [2.45, 2.75) is 114 Å². The molecule has 22 nitrogen and oxygen atoms in total. The summed E-state index contributed by atoms with van der Waals surface area (Å²) in [4.78, 5) is 12.3. The van der Waals surface area contributed by atoms with E-state index in [1.54, 1.807) is 92.2 Å². The van der Waals surface area contributed by atoms with E-state index in [0.29, 0.717) is 80.7 Å². The Morgan fingerprint density at radius 2 is 0.667 bits per heavy atom. The first kappa shape index (κ1) is 81.2. The van der Waals surface area contributed by atoms with Crippen molar-refractivity contribution >= 4 is 79.6 Å². The lowest BCUT2D eigenvalue weighted by atomic mass is 9.96. The number of aliphatic carboxylic acids is 1. The van der Waals surface area contributed by atoms with Gasteiger partial charge >= 0.3 is 5.97 Å². The summed E-state index contributed by atoms with van der Waals surface area (Å²) in [6, 6.07) is 53.0. The van der Waals surface area contributed by atoms with E-state index in [0.717, 1.165) is 108 Å². The molecule has 105 heavy (non-hydrogen) atoms. The normalized spacial score (nSPS) is 18.3. The number of carbonyl (C=O) groups is 1.